The van der Waals surface area contributed by atoms with Crippen LogP contribution >= 0.6 is 0 Å². The van der Waals surface area contributed by atoms with Gasteiger partial charge >= 0.3 is 0 Å². The van der Waals surface area contributed by atoms with Crippen molar-refractivity contribution in [3.8, 4) is 0 Å². The molecule has 0 aliphatic carbocycles. The van der Waals surface area contributed by atoms with E-state index in [4.69, 9.17) is 0 Å². The molecule has 0 saturated carbocycles. The molecule has 92 valence electrons. The Hall–Kier alpha value is -1.96. The van der Waals surface area contributed by atoms with Crippen molar-refractivity contribution >= 4 is 11.4 Å². The van der Waals surface area contributed by atoms with Crippen LogP contribution in [0.2, 0.25) is 0 Å². The van der Waals surface area contributed by atoms with Gasteiger partial charge in [-0.2, -0.15) is 10.2 Å². The normalized spacial score (nSPS) is 11.0. The smallest absolute Gasteiger partial charge is 0.0859 e. The van der Waals surface area contributed by atoms with E-state index < -0.39 is 0 Å². The van der Waals surface area contributed by atoms with Crippen LogP contribution in [0.15, 0.2) is 58.8 Å². The summed E-state index contributed by atoms with van der Waals surface area (Å²) >= 11 is 0. The lowest BCUT2D eigenvalue weighted by Crippen LogP contribution is -1.77. The molecule has 2 aromatic rings. The number of nitrogens with zero attached hydrogens (tertiary/aromatic N) is 2. The fourth-order valence-corrected chi connectivity index (χ4v) is 1.79. The molecule has 2 aromatic carbocycles. The van der Waals surface area contributed by atoms with E-state index in [0.717, 1.165) is 24.2 Å². The van der Waals surface area contributed by atoms with E-state index in [1.165, 1.54) is 11.1 Å². The van der Waals surface area contributed by atoms with Crippen molar-refractivity contribution in [1.82, 2.24) is 0 Å². The summed E-state index contributed by atoms with van der Waals surface area (Å²) in [7, 11) is 0. The number of rotatable bonds is 4. The van der Waals surface area contributed by atoms with Crippen molar-refractivity contribution in [3.05, 3.63) is 59.7 Å². The van der Waals surface area contributed by atoms with Crippen LogP contribution in [0.1, 0.15) is 25.0 Å². The first-order valence-electron chi connectivity index (χ1n) is 6.41. The average molecular weight is 238 g/mol. The van der Waals surface area contributed by atoms with E-state index in [1.807, 2.05) is 24.3 Å². The lowest BCUT2D eigenvalue weighted by atomic mass is 10.1. The summed E-state index contributed by atoms with van der Waals surface area (Å²) in [5.74, 6) is 0. The summed E-state index contributed by atoms with van der Waals surface area (Å²) in [6, 6.07) is 16.4. The highest BCUT2D eigenvalue weighted by Gasteiger charge is 1.94. The molecule has 0 aliphatic heterocycles. The molecule has 0 heterocycles. The summed E-state index contributed by atoms with van der Waals surface area (Å²) in [4.78, 5) is 0. The van der Waals surface area contributed by atoms with E-state index in [2.05, 4.69) is 48.3 Å². The van der Waals surface area contributed by atoms with Gasteiger partial charge in [0, 0.05) is 0 Å². The van der Waals surface area contributed by atoms with Crippen LogP contribution in [-0.4, -0.2) is 0 Å². The summed E-state index contributed by atoms with van der Waals surface area (Å²) < 4.78 is 0. The largest absolute Gasteiger partial charge is 0.151 e. The quantitative estimate of drug-likeness (QED) is 0.652. The second kappa shape index (κ2) is 6.10. The molecule has 0 amide bonds. The first kappa shape index (κ1) is 12.5. The Bertz CT molecular complexity index is 495. The monoisotopic (exact) mass is 238 g/mol. The summed E-state index contributed by atoms with van der Waals surface area (Å²) in [5, 5.41) is 8.57. The van der Waals surface area contributed by atoms with Gasteiger partial charge in [0.05, 0.1) is 11.4 Å². The Morgan fingerprint density at radius 1 is 0.722 bits per heavy atom. The van der Waals surface area contributed by atoms with Crippen LogP contribution in [0.4, 0.5) is 11.4 Å². The first-order valence-corrected chi connectivity index (χ1v) is 6.41. The SMILES string of the molecule is CCc1cccc(/N=N/c2cccc(CC)c2)c1. The minimum absolute atomic E-state index is 0.913. The van der Waals surface area contributed by atoms with Crippen LogP contribution in [0.25, 0.3) is 0 Å². The van der Waals surface area contributed by atoms with Gasteiger partial charge in [-0.05, 0) is 48.2 Å². The van der Waals surface area contributed by atoms with Crippen molar-refractivity contribution in [2.45, 2.75) is 26.7 Å². The molecular weight excluding hydrogens is 220 g/mol. The van der Waals surface area contributed by atoms with Crippen molar-refractivity contribution < 1.29 is 0 Å². The third-order valence-corrected chi connectivity index (χ3v) is 2.92. The maximum absolute atomic E-state index is 4.29. The first-order chi connectivity index (χ1) is 8.81. The lowest BCUT2D eigenvalue weighted by Gasteiger charge is -1.99. The van der Waals surface area contributed by atoms with Gasteiger partial charge in [0.25, 0.3) is 0 Å². The summed E-state index contributed by atoms with van der Waals surface area (Å²) in [6.07, 6.45) is 2.04. The zero-order valence-electron chi connectivity index (χ0n) is 10.9. The minimum atomic E-state index is 0.913. The third kappa shape index (κ3) is 3.27. The zero-order chi connectivity index (χ0) is 12.8. The van der Waals surface area contributed by atoms with Crippen LogP contribution < -0.4 is 0 Å². The molecule has 0 bridgehead atoms. The van der Waals surface area contributed by atoms with Crippen molar-refractivity contribution in [2.75, 3.05) is 0 Å². The summed E-state index contributed by atoms with van der Waals surface area (Å²) in [6.45, 7) is 4.28. The molecule has 0 aromatic heterocycles. The summed E-state index contributed by atoms with van der Waals surface area (Å²) in [5.41, 5.74) is 4.40. The van der Waals surface area contributed by atoms with Gasteiger partial charge < -0.3 is 0 Å². The molecule has 2 rings (SSSR count). The number of aryl methyl sites for hydroxylation is 2. The van der Waals surface area contributed by atoms with E-state index in [-0.39, 0.29) is 0 Å². The molecule has 0 spiro atoms. The number of hydrogen-bond acceptors (Lipinski definition) is 2. The van der Waals surface area contributed by atoms with Gasteiger partial charge in [0.15, 0.2) is 0 Å². The van der Waals surface area contributed by atoms with E-state index in [1.54, 1.807) is 0 Å². The molecule has 0 fully saturated rings. The number of benzene rings is 2. The topological polar surface area (TPSA) is 24.7 Å². The maximum atomic E-state index is 4.29. The molecule has 0 atom stereocenters. The highest BCUT2D eigenvalue weighted by Crippen LogP contribution is 2.20. The van der Waals surface area contributed by atoms with Crippen molar-refractivity contribution in [3.63, 3.8) is 0 Å². The Morgan fingerprint density at radius 2 is 1.17 bits per heavy atom. The molecular formula is C16H18N2. The predicted molar refractivity (Wildman–Crippen MR) is 75.8 cm³/mol. The zero-order valence-corrected chi connectivity index (χ0v) is 10.9. The molecule has 2 nitrogen and oxygen atoms in total. The highest BCUT2D eigenvalue weighted by molar-refractivity contribution is 5.43. The molecule has 0 unspecified atom stereocenters. The molecule has 0 radical (unpaired) electrons. The van der Waals surface area contributed by atoms with Crippen LogP contribution in [0, 0.1) is 0 Å². The Kier molecular flexibility index (Phi) is 4.24. The van der Waals surface area contributed by atoms with Crippen molar-refractivity contribution in [2.24, 2.45) is 10.2 Å². The van der Waals surface area contributed by atoms with Gasteiger partial charge in [-0.1, -0.05) is 38.1 Å². The van der Waals surface area contributed by atoms with Crippen LogP contribution in [0.3, 0.4) is 0 Å². The number of hydrogen-bond donors (Lipinski definition) is 0. The van der Waals surface area contributed by atoms with Crippen molar-refractivity contribution in [1.29, 1.82) is 0 Å². The fraction of sp³-hybridized carbons (Fsp3) is 0.250. The standard InChI is InChI=1S/C16H18N2/c1-3-13-7-5-9-15(11-13)17-18-16-10-6-8-14(4-2)12-16/h5-12H,3-4H2,1-2H3/b18-17+. The Balaban J connectivity index is 2.18. The van der Waals surface area contributed by atoms with Gasteiger partial charge in [0.1, 0.15) is 0 Å². The minimum Gasteiger partial charge on any atom is -0.151 e. The molecule has 18 heavy (non-hydrogen) atoms. The average Bonchev–Trinajstić information content (AvgIpc) is 2.45. The maximum Gasteiger partial charge on any atom is 0.0859 e. The lowest BCUT2D eigenvalue weighted by molar-refractivity contribution is 1.12. The van der Waals surface area contributed by atoms with Gasteiger partial charge in [-0.15, -0.1) is 0 Å². The van der Waals surface area contributed by atoms with Gasteiger partial charge in [0.2, 0.25) is 0 Å². The molecule has 2 heteroatoms. The number of azo groups is 1. The van der Waals surface area contributed by atoms with E-state index in [9.17, 15) is 0 Å². The van der Waals surface area contributed by atoms with E-state index in [0.29, 0.717) is 0 Å². The van der Waals surface area contributed by atoms with Crippen LogP contribution in [-0.2, 0) is 12.8 Å². The molecule has 0 saturated heterocycles. The molecule has 0 N–H and O–H groups in total. The van der Waals surface area contributed by atoms with Crippen LogP contribution in [0.5, 0.6) is 0 Å². The molecule has 0 aliphatic rings. The second-order valence-corrected chi connectivity index (χ2v) is 4.25. The Morgan fingerprint density at radius 3 is 1.56 bits per heavy atom. The predicted octanol–water partition coefficient (Wildman–Crippen LogP) is 5.23. The van der Waals surface area contributed by atoms with Gasteiger partial charge in [-0.25, -0.2) is 0 Å². The third-order valence-electron chi connectivity index (χ3n) is 2.92. The van der Waals surface area contributed by atoms with Gasteiger partial charge in [-0.3, -0.25) is 0 Å². The highest BCUT2D eigenvalue weighted by atomic mass is 15.1. The van der Waals surface area contributed by atoms with E-state index >= 15 is 0 Å². The fourth-order valence-electron chi connectivity index (χ4n) is 1.79. The Labute approximate surface area is 108 Å². The second-order valence-electron chi connectivity index (χ2n) is 4.25.